The van der Waals surface area contributed by atoms with Gasteiger partial charge in [-0.25, -0.2) is 0 Å². The van der Waals surface area contributed by atoms with Crippen molar-refractivity contribution in [2.24, 2.45) is 0 Å². The van der Waals surface area contributed by atoms with Crippen molar-refractivity contribution in [3.63, 3.8) is 0 Å². The second kappa shape index (κ2) is 7.55. The number of carboxylic acid groups (broad SMARTS) is 1. The molecule has 1 rings (SSSR count). The van der Waals surface area contributed by atoms with Gasteiger partial charge in [-0.2, -0.15) is 0 Å². The van der Waals surface area contributed by atoms with Gasteiger partial charge in [-0.15, -0.1) is 0 Å². The summed E-state index contributed by atoms with van der Waals surface area (Å²) < 4.78 is 22.3. The number of rotatable bonds is 8. The first kappa shape index (κ1) is 19.8. The molecule has 0 aliphatic heterocycles. The zero-order valence-corrected chi connectivity index (χ0v) is 13.5. The van der Waals surface area contributed by atoms with Crippen LogP contribution in [-0.2, 0) is 20.3 Å². The molecule has 1 aromatic rings. The highest BCUT2D eigenvalue weighted by atomic mass is 31.2. The van der Waals surface area contributed by atoms with E-state index in [0.29, 0.717) is 10.5 Å². The lowest BCUT2D eigenvalue weighted by Gasteiger charge is -2.29. The molecule has 23 heavy (non-hydrogen) atoms. The standard InChI is InChI=1S/C11H17NO9P2/c13-9-3-1-8(2-4-9)5-10(11(14)15)12(6-22(16,17)18)7-23(19,20)21/h1-4,10,13H,5-7H2,(H,14,15)(H2,16,17,18)(H2,19,20,21). The van der Waals surface area contributed by atoms with Crippen molar-refractivity contribution in [2.45, 2.75) is 12.5 Å². The largest absolute Gasteiger partial charge is 0.508 e. The van der Waals surface area contributed by atoms with Crippen molar-refractivity contribution >= 4 is 21.2 Å². The quantitative estimate of drug-likeness (QED) is 0.341. The first-order chi connectivity index (χ1) is 10.4. The number of phenols is 1. The van der Waals surface area contributed by atoms with Crippen LogP contribution in [0.3, 0.4) is 0 Å². The van der Waals surface area contributed by atoms with Crippen molar-refractivity contribution in [3.05, 3.63) is 29.8 Å². The molecule has 0 radical (unpaired) electrons. The molecule has 130 valence electrons. The summed E-state index contributed by atoms with van der Waals surface area (Å²) in [5.41, 5.74) is 0.414. The highest BCUT2D eigenvalue weighted by Gasteiger charge is 2.34. The van der Waals surface area contributed by atoms with E-state index in [2.05, 4.69) is 0 Å². The van der Waals surface area contributed by atoms with E-state index in [1.807, 2.05) is 0 Å². The Morgan fingerprint density at radius 1 is 1.00 bits per heavy atom. The van der Waals surface area contributed by atoms with Gasteiger partial charge in [0, 0.05) is 0 Å². The van der Waals surface area contributed by atoms with E-state index in [-0.39, 0.29) is 12.2 Å². The summed E-state index contributed by atoms with van der Waals surface area (Å²) >= 11 is 0. The Hall–Kier alpha value is -1.25. The van der Waals surface area contributed by atoms with Gasteiger partial charge >= 0.3 is 21.2 Å². The lowest BCUT2D eigenvalue weighted by molar-refractivity contribution is -0.142. The molecule has 0 aliphatic carbocycles. The van der Waals surface area contributed by atoms with E-state index in [1.54, 1.807) is 0 Å². The van der Waals surface area contributed by atoms with Crippen molar-refractivity contribution in [2.75, 3.05) is 12.6 Å². The summed E-state index contributed by atoms with van der Waals surface area (Å²) in [4.78, 5) is 48.0. The van der Waals surface area contributed by atoms with Crippen LogP contribution in [0.2, 0.25) is 0 Å². The van der Waals surface area contributed by atoms with Crippen LogP contribution in [0.25, 0.3) is 0 Å². The highest BCUT2D eigenvalue weighted by molar-refractivity contribution is 7.52. The molecule has 0 saturated heterocycles. The van der Waals surface area contributed by atoms with Crippen LogP contribution in [0, 0.1) is 0 Å². The van der Waals surface area contributed by atoms with Gasteiger partial charge < -0.3 is 29.8 Å². The van der Waals surface area contributed by atoms with Crippen LogP contribution >= 0.6 is 15.2 Å². The zero-order valence-electron chi connectivity index (χ0n) is 11.8. The molecular weight excluding hydrogens is 352 g/mol. The first-order valence-corrected chi connectivity index (χ1v) is 9.81. The molecule has 0 aliphatic rings. The van der Waals surface area contributed by atoms with Crippen molar-refractivity contribution < 1.29 is 43.7 Å². The maximum Gasteiger partial charge on any atom is 0.339 e. The Morgan fingerprint density at radius 2 is 1.43 bits per heavy atom. The minimum atomic E-state index is -4.73. The topological polar surface area (TPSA) is 176 Å². The second-order valence-corrected chi connectivity index (χ2v) is 8.15. The number of phenolic OH excluding ortho intramolecular Hbond substituents is 1. The molecule has 1 aromatic carbocycles. The Bertz CT molecular complexity index is 611. The number of aromatic hydroxyl groups is 1. The number of hydrogen-bond acceptors (Lipinski definition) is 5. The number of carboxylic acids is 1. The molecular formula is C11H17NO9P2. The van der Waals surface area contributed by atoms with Crippen LogP contribution < -0.4 is 0 Å². The minimum Gasteiger partial charge on any atom is -0.508 e. The minimum absolute atomic E-state index is 0.0529. The van der Waals surface area contributed by atoms with Crippen LogP contribution in [0.1, 0.15) is 5.56 Å². The van der Waals surface area contributed by atoms with Crippen molar-refractivity contribution in [1.29, 1.82) is 0 Å². The molecule has 0 aromatic heterocycles. The fourth-order valence-electron chi connectivity index (χ4n) is 1.94. The smallest absolute Gasteiger partial charge is 0.339 e. The molecule has 12 heteroatoms. The van der Waals surface area contributed by atoms with E-state index in [1.165, 1.54) is 24.3 Å². The summed E-state index contributed by atoms with van der Waals surface area (Å²) in [5, 5.41) is 18.4. The van der Waals surface area contributed by atoms with E-state index in [4.69, 9.17) is 19.6 Å². The van der Waals surface area contributed by atoms with Crippen molar-refractivity contribution in [1.82, 2.24) is 4.90 Å². The lowest BCUT2D eigenvalue weighted by atomic mass is 10.1. The van der Waals surface area contributed by atoms with E-state index >= 15 is 0 Å². The molecule has 0 spiro atoms. The third kappa shape index (κ3) is 7.71. The number of hydrogen-bond donors (Lipinski definition) is 6. The SMILES string of the molecule is O=C(O)C(Cc1ccc(O)cc1)N(CP(=O)(O)O)CP(=O)(O)O. The Morgan fingerprint density at radius 3 is 1.78 bits per heavy atom. The van der Waals surface area contributed by atoms with Gasteiger partial charge in [0.2, 0.25) is 0 Å². The molecule has 0 bridgehead atoms. The predicted octanol–water partition coefficient (Wildman–Crippen LogP) is -0.0397. The number of benzene rings is 1. The average Bonchev–Trinajstić information content (AvgIpc) is 2.33. The van der Waals surface area contributed by atoms with E-state index < -0.39 is 39.8 Å². The Balaban J connectivity index is 3.08. The monoisotopic (exact) mass is 369 g/mol. The maximum absolute atomic E-state index is 11.4. The summed E-state index contributed by atoms with van der Waals surface area (Å²) in [6, 6.07) is 3.84. The zero-order chi connectivity index (χ0) is 17.8. The van der Waals surface area contributed by atoms with Crippen LogP contribution in [0.4, 0.5) is 0 Å². The maximum atomic E-state index is 11.4. The van der Waals surface area contributed by atoms with Crippen LogP contribution in [0.15, 0.2) is 24.3 Å². The third-order valence-corrected chi connectivity index (χ3v) is 4.29. The summed E-state index contributed by atoms with van der Waals surface area (Å²) in [6.07, 6.45) is -2.46. The van der Waals surface area contributed by atoms with Crippen LogP contribution in [0.5, 0.6) is 5.75 Å². The van der Waals surface area contributed by atoms with E-state index in [9.17, 15) is 24.1 Å². The van der Waals surface area contributed by atoms with Gasteiger partial charge in [-0.1, -0.05) is 12.1 Å². The highest BCUT2D eigenvalue weighted by Crippen LogP contribution is 2.42. The third-order valence-electron chi connectivity index (χ3n) is 2.82. The fourth-order valence-corrected chi connectivity index (χ4v) is 3.64. The van der Waals surface area contributed by atoms with Gasteiger partial charge in [-0.05, 0) is 24.1 Å². The molecule has 1 unspecified atom stereocenters. The average molecular weight is 369 g/mol. The molecule has 0 saturated carbocycles. The Labute approximate surface area is 131 Å². The van der Waals surface area contributed by atoms with Crippen LogP contribution in [-0.4, -0.2) is 59.3 Å². The molecule has 10 nitrogen and oxygen atoms in total. The molecule has 6 N–H and O–H groups in total. The summed E-state index contributed by atoms with van der Waals surface area (Å²) in [7, 11) is -9.47. The van der Waals surface area contributed by atoms with Gasteiger partial charge in [0.15, 0.2) is 0 Å². The number of carbonyl (C=O) groups is 1. The number of aliphatic carboxylic acids is 1. The number of nitrogens with zero attached hydrogens (tertiary/aromatic N) is 1. The summed E-state index contributed by atoms with van der Waals surface area (Å²) in [6.45, 7) is 0. The molecule has 0 fully saturated rings. The Kier molecular flexibility index (Phi) is 6.49. The van der Waals surface area contributed by atoms with Gasteiger partial charge in [-0.3, -0.25) is 18.8 Å². The van der Waals surface area contributed by atoms with E-state index in [0.717, 1.165) is 0 Å². The first-order valence-electron chi connectivity index (χ1n) is 6.21. The van der Waals surface area contributed by atoms with Gasteiger partial charge in [0.25, 0.3) is 0 Å². The predicted molar refractivity (Wildman–Crippen MR) is 78.9 cm³/mol. The van der Waals surface area contributed by atoms with Gasteiger partial charge in [0.05, 0.1) is 0 Å². The second-order valence-electron chi connectivity index (χ2n) is 4.93. The molecule has 0 amide bonds. The fraction of sp³-hybridized carbons (Fsp3) is 0.364. The van der Waals surface area contributed by atoms with Crippen molar-refractivity contribution in [3.8, 4) is 5.75 Å². The molecule has 1 atom stereocenters. The summed E-state index contributed by atoms with van der Waals surface area (Å²) in [5.74, 6) is -1.54. The normalized spacial score (nSPS) is 14.0. The lowest BCUT2D eigenvalue weighted by Crippen LogP contribution is -2.43. The van der Waals surface area contributed by atoms with Gasteiger partial charge in [0.1, 0.15) is 24.4 Å². The molecule has 0 heterocycles.